The summed E-state index contributed by atoms with van der Waals surface area (Å²) in [7, 11) is 1.62. The highest BCUT2D eigenvalue weighted by molar-refractivity contribution is 7.15. The van der Waals surface area contributed by atoms with Crippen LogP contribution in [0.2, 0.25) is 0 Å². The third kappa shape index (κ3) is 6.09. The predicted molar refractivity (Wildman–Crippen MR) is 167 cm³/mol. The normalized spacial score (nSPS) is 12.0. The second kappa shape index (κ2) is 12.4. The van der Waals surface area contributed by atoms with E-state index >= 15 is 4.39 Å². The molecule has 0 amide bonds. The fraction of sp³-hybridized carbons (Fsp3) is 0.152. The first kappa shape index (κ1) is 28.0. The molecule has 8 nitrogen and oxygen atoms in total. The van der Waals surface area contributed by atoms with Crippen molar-refractivity contribution >= 4 is 34.5 Å². The molecule has 6 aromatic rings. The summed E-state index contributed by atoms with van der Waals surface area (Å²) in [5, 5.41) is 9.16. The molecule has 0 spiro atoms. The molecule has 3 heterocycles. The van der Waals surface area contributed by atoms with Gasteiger partial charge in [-0.1, -0.05) is 61.1 Å². The Balaban J connectivity index is 1.36. The molecule has 216 valence electrons. The fourth-order valence-electron chi connectivity index (χ4n) is 4.47. The van der Waals surface area contributed by atoms with Crippen LogP contribution in [0.3, 0.4) is 0 Å². The summed E-state index contributed by atoms with van der Waals surface area (Å²) in [6.07, 6.45) is 9.02. The molecular weight excluding hydrogens is 565 g/mol. The van der Waals surface area contributed by atoms with Gasteiger partial charge in [-0.25, -0.2) is 9.07 Å². The second-order valence-corrected chi connectivity index (χ2v) is 10.8. The van der Waals surface area contributed by atoms with Crippen molar-refractivity contribution in [3.8, 4) is 28.4 Å². The standard InChI is InChI=1S/C33H28FN5O3S/c1-3-4-18-42-28-16-13-23(19-27(28)34)31-24(21-38(37-31)25-8-6-5-7-9-25)20-29-32(40)39-33(43-29)35-30(36-39)17-12-22-10-14-26(41-2)15-11-22/h5-17,19-21H,3-4,18H2,1-2H3/b17-12+,29-20-. The van der Waals surface area contributed by atoms with Crippen LogP contribution in [0.25, 0.3) is 40.1 Å². The van der Waals surface area contributed by atoms with E-state index in [2.05, 4.69) is 17.0 Å². The van der Waals surface area contributed by atoms with Gasteiger partial charge in [0.25, 0.3) is 5.56 Å². The molecular formula is C33H28FN5O3S. The maximum atomic E-state index is 15.0. The highest BCUT2D eigenvalue weighted by Gasteiger charge is 2.16. The lowest BCUT2D eigenvalue weighted by molar-refractivity contribution is 0.294. The zero-order valence-electron chi connectivity index (χ0n) is 23.6. The van der Waals surface area contributed by atoms with Crippen molar-refractivity contribution in [2.75, 3.05) is 13.7 Å². The van der Waals surface area contributed by atoms with Gasteiger partial charge in [-0.15, -0.1) is 5.10 Å². The van der Waals surface area contributed by atoms with Crippen molar-refractivity contribution in [2.24, 2.45) is 0 Å². The van der Waals surface area contributed by atoms with Crippen molar-refractivity contribution < 1.29 is 13.9 Å². The molecule has 0 aliphatic heterocycles. The number of fused-ring (bicyclic) bond motifs is 1. The summed E-state index contributed by atoms with van der Waals surface area (Å²) >= 11 is 1.23. The van der Waals surface area contributed by atoms with E-state index in [-0.39, 0.29) is 11.3 Å². The second-order valence-electron chi connectivity index (χ2n) is 9.75. The van der Waals surface area contributed by atoms with Crippen molar-refractivity contribution in [1.82, 2.24) is 24.4 Å². The first-order valence-corrected chi connectivity index (χ1v) is 14.7. The molecule has 6 rings (SSSR count). The van der Waals surface area contributed by atoms with Gasteiger partial charge < -0.3 is 9.47 Å². The van der Waals surface area contributed by atoms with Gasteiger partial charge in [0.15, 0.2) is 17.4 Å². The number of hydrogen-bond acceptors (Lipinski definition) is 7. The van der Waals surface area contributed by atoms with Crippen molar-refractivity contribution in [2.45, 2.75) is 19.8 Å². The number of ether oxygens (including phenoxy) is 2. The van der Waals surface area contributed by atoms with Gasteiger partial charge in [0.1, 0.15) is 11.4 Å². The summed E-state index contributed by atoms with van der Waals surface area (Å²) in [4.78, 5) is 18.3. The van der Waals surface area contributed by atoms with Gasteiger partial charge in [0, 0.05) is 17.3 Å². The lowest BCUT2D eigenvalue weighted by Gasteiger charge is -2.08. The zero-order valence-corrected chi connectivity index (χ0v) is 24.4. The highest BCUT2D eigenvalue weighted by atomic mass is 32.1. The van der Waals surface area contributed by atoms with Gasteiger partial charge in [-0.2, -0.15) is 14.6 Å². The van der Waals surface area contributed by atoms with E-state index in [0.717, 1.165) is 29.8 Å². The van der Waals surface area contributed by atoms with E-state index in [1.54, 1.807) is 36.1 Å². The van der Waals surface area contributed by atoms with Gasteiger partial charge >= 0.3 is 0 Å². The van der Waals surface area contributed by atoms with Crippen molar-refractivity contribution in [3.05, 3.63) is 117 Å². The number of unbranched alkanes of at least 4 members (excludes halogenated alkanes) is 1. The Morgan fingerprint density at radius 1 is 1.00 bits per heavy atom. The molecule has 0 radical (unpaired) electrons. The Bertz CT molecular complexity index is 2010. The molecule has 0 bridgehead atoms. The Labute approximate surface area is 251 Å². The van der Waals surface area contributed by atoms with E-state index in [9.17, 15) is 4.79 Å². The molecule has 0 aliphatic rings. The summed E-state index contributed by atoms with van der Waals surface area (Å²) in [5.41, 5.74) is 3.26. The summed E-state index contributed by atoms with van der Waals surface area (Å²) < 4.78 is 29.3. The molecule has 0 unspecified atom stereocenters. The van der Waals surface area contributed by atoms with Gasteiger partial charge in [-0.05, 0) is 66.6 Å². The average Bonchev–Trinajstić information content (AvgIpc) is 3.72. The number of methoxy groups -OCH3 is 1. The summed E-state index contributed by atoms with van der Waals surface area (Å²) in [6.45, 7) is 2.51. The SMILES string of the molecule is CCCCOc1ccc(-c2nn(-c3ccccc3)cc2/C=c2\sc3nc(/C=C/c4ccc(OC)cc4)nn3c2=O)cc1F. The Kier molecular flexibility index (Phi) is 8.10. The van der Waals surface area contributed by atoms with Crippen LogP contribution in [-0.4, -0.2) is 38.1 Å². The third-order valence-electron chi connectivity index (χ3n) is 6.75. The van der Waals surface area contributed by atoms with Crippen LogP contribution in [0, 0.1) is 5.82 Å². The summed E-state index contributed by atoms with van der Waals surface area (Å²) in [5.74, 6) is 0.940. The van der Waals surface area contributed by atoms with Crippen LogP contribution in [0.1, 0.15) is 36.7 Å². The lowest BCUT2D eigenvalue weighted by Crippen LogP contribution is -2.23. The number of rotatable bonds is 10. The average molecular weight is 594 g/mol. The minimum atomic E-state index is -0.465. The number of para-hydroxylation sites is 1. The third-order valence-corrected chi connectivity index (χ3v) is 7.71. The molecule has 0 saturated carbocycles. The zero-order chi connectivity index (χ0) is 29.8. The smallest absolute Gasteiger partial charge is 0.291 e. The molecule has 0 fully saturated rings. The number of benzene rings is 3. The minimum absolute atomic E-state index is 0.203. The van der Waals surface area contributed by atoms with Gasteiger partial charge in [-0.3, -0.25) is 4.79 Å². The number of aromatic nitrogens is 5. The van der Waals surface area contributed by atoms with Crippen molar-refractivity contribution in [1.29, 1.82) is 0 Å². The number of nitrogens with zero attached hydrogens (tertiary/aromatic N) is 5. The number of hydrogen-bond donors (Lipinski definition) is 0. The molecule has 0 atom stereocenters. The monoisotopic (exact) mass is 593 g/mol. The first-order chi connectivity index (χ1) is 21.0. The molecule has 0 aliphatic carbocycles. The highest BCUT2D eigenvalue weighted by Crippen LogP contribution is 2.29. The van der Waals surface area contributed by atoms with Crippen LogP contribution < -0.4 is 19.6 Å². The van der Waals surface area contributed by atoms with Gasteiger partial charge in [0.05, 0.1) is 23.9 Å². The van der Waals surface area contributed by atoms with E-state index in [1.807, 2.05) is 66.9 Å². The largest absolute Gasteiger partial charge is 0.497 e. The van der Waals surface area contributed by atoms with Crippen LogP contribution in [0.4, 0.5) is 4.39 Å². The maximum Gasteiger partial charge on any atom is 0.291 e. The summed E-state index contributed by atoms with van der Waals surface area (Å²) in [6, 6.07) is 22.0. The number of halogens is 1. The van der Waals surface area contributed by atoms with E-state index in [1.165, 1.54) is 21.9 Å². The number of thiazole rings is 1. The van der Waals surface area contributed by atoms with Crippen LogP contribution in [0.15, 0.2) is 83.8 Å². The molecule has 43 heavy (non-hydrogen) atoms. The van der Waals surface area contributed by atoms with E-state index in [4.69, 9.17) is 14.6 Å². The van der Waals surface area contributed by atoms with Crippen LogP contribution >= 0.6 is 11.3 Å². The van der Waals surface area contributed by atoms with E-state index in [0.29, 0.717) is 38.7 Å². The quantitative estimate of drug-likeness (QED) is 0.180. The fourth-order valence-corrected chi connectivity index (χ4v) is 5.37. The Morgan fingerprint density at radius 3 is 2.53 bits per heavy atom. The van der Waals surface area contributed by atoms with Crippen molar-refractivity contribution in [3.63, 3.8) is 0 Å². The minimum Gasteiger partial charge on any atom is -0.497 e. The Hall–Kier alpha value is -5.09. The van der Waals surface area contributed by atoms with Crippen LogP contribution in [-0.2, 0) is 0 Å². The molecule has 10 heteroatoms. The molecule has 3 aromatic heterocycles. The Morgan fingerprint density at radius 2 is 1.81 bits per heavy atom. The lowest BCUT2D eigenvalue weighted by atomic mass is 10.1. The maximum absolute atomic E-state index is 15.0. The first-order valence-electron chi connectivity index (χ1n) is 13.8. The predicted octanol–water partition coefficient (Wildman–Crippen LogP) is 6.05. The molecule has 0 saturated heterocycles. The molecule has 3 aromatic carbocycles. The van der Waals surface area contributed by atoms with E-state index < -0.39 is 5.82 Å². The van der Waals surface area contributed by atoms with Gasteiger partial charge in [0.2, 0.25) is 4.96 Å². The molecule has 0 N–H and O–H groups in total. The topological polar surface area (TPSA) is 83.5 Å². The van der Waals surface area contributed by atoms with Crippen LogP contribution in [0.5, 0.6) is 11.5 Å².